The van der Waals surface area contributed by atoms with E-state index in [0.29, 0.717) is 17.0 Å². The summed E-state index contributed by atoms with van der Waals surface area (Å²) in [7, 11) is 0. The monoisotopic (exact) mass is 345 g/mol. The third-order valence-corrected chi connectivity index (χ3v) is 3.82. The molecule has 0 aliphatic carbocycles. The molecule has 3 N–H and O–H groups in total. The van der Waals surface area contributed by atoms with Gasteiger partial charge in [-0.2, -0.15) is 5.10 Å². The molecule has 7 heteroatoms. The second-order valence-electron chi connectivity index (χ2n) is 6.16. The van der Waals surface area contributed by atoms with Gasteiger partial charge in [-0.15, -0.1) is 0 Å². The van der Waals surface area contributed by atoms with Crippen molar-refractivity contribution in [3.63, 3.8) is 0 Å². The Balaban J connectivity index is 1.96. The lowest BCUT2D eigenvalue weighted by atomic mass is 10.1. The Hall–Kier alpha value is -2.67. The molecule has 0 aliphatic rings. The fourth-order valence-corrected chi connectivity index (χ4v) is 2.18. The topological polar surface area (TPSA) is 104 Å². The number of Topliss-reactive ketones (excluding diaryl/α,β-unsaturated/α-hetero) is 1. The summed E-state index contributed by atoms with van der Waals surface area (Å²) in [5, 5.41) is 18.7. The molecule has 1 atom stereocenters. The van der Waals surface area contributed by atoms with Crippen molar-refractivity contribution in [3.8, 4) is 5.75 Å². The maximum Gasteiger partial charge on any atom is 0.272 e. The molecule has 0 bridgehead atoms. The van der Waals surface area contributed by atoms with Crippen LogP contribution in [0.3, 0.4) is 0 Å². The van der Waals surface area contributed by atoms with Gasteiger partial charge in [-0.1, -0.05) is 26.0 Å². The predicted molar refractivity (Wildman–Crippen MR) is 92.5 cm³/mol. The summed E-state index contributed by atoms with van der Waals surface area (Å²) in [5.41, 5.74) is 1.43. The van der Waals surface area contributed by atoms with Crippen LogP contribution in [0.25, 0.3) is 0 Å². The number of aliphatic hydroxyl groups is 1. The highest BCUT2D eigenvalue weighted by atomic mass is 16.5. The van der Waals surface area contributed by atoms with Crippen molar-refractivity contribution >= 4 is 11.7 Å². The number of aliphatic hydroxyl groups excluding tert-OH is 1. The molecule has 134 valence electrons. The van der Waals surface area contributed by atoms with Crippen molar-refractivity contribution < 1.29 is 19.4 Å². The largest absolute Gasteiger partial charge is 0.487 e. The maximum absolute atomic E-state index is 12.1. The fraction of sp³-hybridized carbons (Fsp3) is 0.389. The minimum absolute atomic E-state index is 0.0328. The number of hydrogen-bond acceptors (Lipinski definition) is 5. The molecule has 0 unspecified atom stereocenters. The molecule has 25 heavy (non-hydrogen) atoms. The molecule has 0 saturated heterocycles. The second kappa shape index (κ2) is 8.43. The molecule has 0 radical (unpaired) electrons. The van der Waals surface area contributed by atoms with E-state index >= 15 is 0 Å². The van der Waals surface area contributed by atoms with E-state index in [1.54, 1.807) is 30.3 Å². The van der Waals surface area contributed by atoms with Crippen LogP contribution in [0.5, 0.6) is 5.75 Å². The number of carbonyl (C=O) groups is 2. The average Bonchev–Trinajstić information content (AvgIpc) is 3.06. The van der Waals surface area contributed by atoms with Crippen LogP contribution in [0, 0.1) is 5.92 Å². The Bertz CT molecular complexity index is 739. The number of amides is 1. The number of aromatic amines is 1. The van der Waals surface area contributed by atoms with Crippen LogP contribution in [0.15, 0.2) is 30.3 Å². The van der Waals surface area contributed by atoms with Gasteiger partial charge in [-0.05, 0) is 31.0 Å². The third kappa shape index (κ3) is 5.15. The molecule has 1 aromatic heterocycles. The summed E-state index contributed by atoms with van der Waals surface area (Å²) < 4.78 is 5.62. The summed E-state index contributed by atoms with van der Waals surface area (Å²) >= 11 is 0. The van der Waals surface area contributed by atoms with Gasteiger partial charge in [0.05, 0.1) is 18.3 Å². The molecule has 0 saturated carbocycles. The molecule has 1 heterocycles. The van der Waals surface area contributed by atoms with Gasteiger partial charge in [-0.3, -0.25) is 14.7 Å². The number of nitrogens with one attached hydrogen (secondary N) is 2. The summed E-state index contributed by atoms with van der Waals surface area (Å²) in [6, 6.07) is 8.17. The van der Waals surface area contributed by atoms with Crippen molar-refractivity contribution in [2.24, 2.45) is 5.92 Å². The Morgan fingerprint density at radius 3 is 2.72 bits per heavy atom. The third-order valence-electron chi connectivity index (χ3n) is 3.82. The smallest absolute Gasteiger partial charge is 0.272 e. The number of nitrogens with zero attached hydrogens (tertiary/aromatic N) is 1. The lowest BCUT2D eigenvalue weighted by molar-refractivity contribution is 0.0891. The molecular weight excluding hydrogens is 322 g/mol. The van der Waals surface area contributed by atoms with E-state index in [0.717, 1.165) is 0 Å². The first-order valence-corrected chi connectivity index (χ1v) is 8.10. The number of rotatable bonds is 8. The lowest BCUT2D eigenvalue weighted by Gasteiger charge is -2.18. The molecule has 7 nitrogen and oxygen atoms in total. The van der Waals surface area contributed by atoms with E-state index < -0.39 is 0 Å². The SMILES string of the molecule is CC(=O)c1cccc(OCc2cc(C(=O)N[C@@H](CO)C(C)C)n[nH]2)c1. The van der Waals surface area contributed by atoms with E-state index in [9.17, 15) is 14.7 Å². The number of ether oxygens (including phenoxy) is 1. The Morgan fingerprint density at radius 1 is 1.32 bits per heavy atom. The van der Waals surface area contributed by atoms with Gasteiger partial charge in [0.25, 0.3) is 5.91 Å². The van der Waals surface area contributed by atoms with E-state index in [1.165, 1.54) is 6.92 Å². The molecule has 1 amide bonds. The van der Waals surface area contributed by atoms with Gasteiger partial charge in [-0.25, -0.2) is 0 Å². The van der Waals surface area contributed by atoms with Crippen LogP contribution in [-0.4, -0.2) is 39.6 Å². The van der Waals surface area contributed by atoms with Crippen LogP contribution in [0.1, 0.15) is 47.3 Å². The van der Waals surface area contributed by atoms with Crippen molar-refractivity contribution in [2.45, 2.75) is 33.4 Å². The zero-order valence-electron chi connectivity index (χ0n) is 14.6. The van der Waals surface area contributed by atoms with Gasteiger partial charge in [0.15, 0.2) is 5.78 Å². The Labute approximate surface area is 146 Å². The summed E-state index contributed by atoms with van der Waals surface area (Å²) in [5.74, 6) is 0.293. The van der Waals surface area contributed by atoms with Crippen molar-refractivity contribution in [3.05, 3.63) is 47.3 Å². The predicted octanol–water partition coefficient (Wildman–Crippen LogP) is 1.94. The number of hydrogen-bond donors (Lipinski definition) is 3. The van der Waals surface area contributed by atoms with Crippen LogP contribution < -0.4 is 10.1 Å². The molecule has 1 aromatic carbocycles. The van der Waals surface area contributed by atoms with Crippen LogP contribution >= 0.6 is 0 Å². The zero-order chi connectivity index (χ0) is 18.4. The molecule has 0 aliphatic heterocycles. The van der Waals surface area contributed by atoms with Gasteiger partial charge < -0.3 is 15.2 Å². The molecule has 2 aromatic rings. The van der Waals surface area contributed by atoms with Crippen molar-refractivity contribution in [1.29, 1.82) is 0 Å². The summed E-state index contributed by atoms with van der Waals surface area (Å²) in [6.07, 6.45) is 0. The first kappa shape index (κ1) is 18.7. The molecule has 0 fully saturated rings. The number of benzene rings is 1. The number of aromatic nitrogens is 2. The van der Waals surface area contributed by atoms with Gasteiger partial charge in [0, 0.05) is 5.56 Å². The molecule has 2 rings (SSSR count). The van der Waals surface area contributed by atoms with E-state index in [-0.39, 0.29) is 42.6 Å². The summed E-state index contributed by atoms with van der Waals surface area (Å²) in [6.45, 7) is 5.39. The summed E-state index contributed by atoms with van der Waals surface area (Å²) in [4.78, 5) is 23.5. The molecule has 0 spiro atoms. The Kier molecular flexibility index (Phi) is 6.30. The van der Waals surface area contributed by atoms with E-state index in [2.05, 4.69) is 15.5 Å². The fourth-order valence-electron chi connectivity index (χ4n) is 2.18. The van der Waals surface area contributed by atoms with E-state index in [4.69, 9.17) is 4.74 Å². The standard InChI is InChI=1S/C18H23N3O4/c1-11(2)17(9-22)19-18(24)16-8-14(20-21-16)10-25-15-6-4-5-13(7-15)12(3)23/h4-8,11,17,22H,9-10H2,1-3H3,(H,19,24)(H,20,21)/t17-/m0/s1. The van der Waals surface area contributed by atoms with Crippen molar-refractivity contribution in [1.82, 2.24) is 15.5 Å². The highest BCUT2D eigenvalue weighted by Crippen LogP contribution is 2.15. The first-order chi connectivity index (χ1) is 11.9. The van der Waals surface area contributed by atoms with Crippen LogP contribution in [-0.2, 0) is 6.61 Å². The Morgan fingerprint density at radius 2 is 2.08 bits per heavy atom. The quantitative estimate of drug-likeness (QED) is 0.634. The van der Waals surface area contributed by atoms with Gasteiger partial charge >= 0.3 is 0 Å². The average molecular weight is 345 g/mol. The van der Waals surface area contributed by atoms with Crippen LogP contribution in [0.2, 0.25) is 0 Å². The highest BCUT2D eigenvalue weighted by molar-refractivity contribution is 5.94. The lowest BCUT2D eigenvalue weighted by Crippen LogP contribution is -2.41. The zero-order valence-corrected chi connectivity index (χ0v) is 14.6. The van der Waals surface area contributed by atoms with Gasteiger partial charge in [0.2, 0.25) is 0 Å². The molecular formula is C18H23N3O4. The number of H-pyrrole nitrogens is 1. The normalized spacial score (nSPS) is 12.0. The number of ketones is 1. The van der Waals surface area contributed by atoms with Crippen molar-refractivity contribution in [2.75, 3.05) is 6.61 Å². The number of carbonyl (C=O) groups excluding carboxylic acids is 2. The minimum atomic E-state index is -0.353. The van der Waals surface area contributed by atoms with Crippen LogP contribution in [0.4, 0.5) is 0 Å². The minimum Gasteiger partial charge on any atom is -0.487 e. The maximum atomic E-state index is 12.1. The second-order valence-corrected chi connectivity index (χ2v) is 6.16. The first-order valence-electron chi connectivity index (χ1n) is 8.10. The van der Waals surface area contributed by atoms with Gasteiger partial charge in [0.1, 0.15) is 18.1 Å². The highest BCUT2D eigenvalue weighted by Gasteiger charge is 2.18. The van der Waals surface area contributed by atoms with E-state index in [1.807, 2.05) is 13.8 Å².